The molecule has 0 aliphatic carbocycles. The van der Waals surface area contributed by atoms with E-state index >= 15 is 0 Å². The van der Waals surface area contributed by atoms with Crippen molar-refractivity contribution in [3.8, 4) is 0 Å². The Morgan fingerprint density at radius 3 is 2.47 bits per heavy atom. The maximum absolute atomic E-state index is 12.9. The van der Waals surface area contributed by atoms with E-state index in [0.29, 0.717) is 25.2 Å². The molecule has 0 amide bonds. The van der Waals surface area contributed by atoms with Gasteiger partial charge in [-0.05, 0) is 43.9 Å². The predicted octanol–water partition coefficient (Wildman–Crippen LogP) is 2.65. The molecule has 2 nitrogen and oxygen atoms in total. The molecule has 1 atom stereocenters. The van der Waals surface area contributed by atoms with Crippen molar-refractivity contribution < 1.29 is 13.5 Å². The molecule has 0 saturated heterocycles. The lowest BCUT2D eigenvalue weighted by atomic mass is 10.0. The molecule has 0 radical (unpaired) electrons. The summed E-state index contributed by atoms with van der Waals surface area (Å²) in [6, 6.07) is 3.43. The van der Waals surface area contributed by atoms with Crippen LogP contribution in [0.1, 0.15) is 25.3 Å². The van der Waals surface area contributed by atoms with E-state index in [2.05, 4.69) is 0 Å². The fourth-order valence-corrected chi connectivity index (χ4v) is 1.73. The van der Waals surface area contributed by atoms with Crippen LogP contribution in [0.5, 0.6) is 0 Å². The number of nitrogens with two attached hydrogens (primary N) is 1. The van der Waals surface area contributed by atoms with E-state index in [-0.39, 0.29) is 6.04 Å². The average molecular weight is 243 g/mol. The maximum atomic E-state index is 12.9. The fourth-order valence-electron chi connectivity index (χ4n) is 1.73. The number of halogens is 2. The summed E-state index contributed by atoms with van der Waals surface area (Å²) in [7, 11) is 0. The first-order valence-electron chi connectivity index (χ1n) is 5.90. The molecule has 0 heterocycles. The predicted molar refractivity (Wildman–Crippen MR) is 63.8 cm³/mol. The summed E-state index contributed by atoms with van der Waals surface area (Å²) in [5.41, 5.74) is 6.49. The number of rotatable bonds is 7. The Kier molecular flexibility index (Phi) is 6.08. The lowest BCUT2D eigenvalue weighted by Gasteiger charge is -2.11. The van der Waals surface area contributed by atoms with Crippen LogP contribution in [0.2, 0.25) is 0 Å². The minimum atomic E-state index is -0.554. The quantitative estimate of drug-likeness (QED) is 0.747. The van der Waals surface area contributed by atoms with Crippen molar-refractivity contribution in [3.63, 3.8) is 0 Å². The molecule has 1 aromatic carbocycles. The van der Waals surface area contributed by atoms with Crippen molar-refractivity contribution in [3.05, 3.63) is 35.4 Å². The van der Waals surface area contributed by atoms with E-state index in [1.54, 1.807) is 0 Å². The van der Waals surface area contributed by atoms with Crippen LogP contribution in [0.15, 0.2) is 18.2 Å². The SMILES string of the molecule is CCOCCCC(N)Cc1cc(F)cc(F)c1. The highest BCUT2D eigenvalue weighted by Crippen LogP contribution is 2.11. The lowest BCUT2D eigenvalue weighted by Crippen LogP contribution is -2.23. The molecule has 0 fully saturated rings. The second kappa shape index (κ2) is 7.35. The van der Waals surface area contributed by atoms with Gasteiger partial charge in [0.15, 0.2) is 0 Å². The van der Waals surface area contributed by atoms with Gasteiger partial charge in [0, 0.05) is 25.3 Å². The zero-order valence-corrected chi connectivity index (χ0v) is 10.1. The van der Waals surface area contributed by atoms with Gasteiger partial charge in [0.1, 0.15) is 11.6 Å². The highest BCUT2D eigenvalue weighted by atomic mass is 19.1. The Balaban J connectivity index is 2.36. The van der Waals surface area contributed by atoms with E-state index in [9.17, 15) is 8.78 Å². The summed E-state index contributed by atoms with van der Waals surface area (Å²) < 4.78 is 31.1. The topological polar surface area (TPSA) is 35.2 Å². The van der Waals surface area contributed by atoms with Crippen molar-refractivity contribution in [2.75, 3.05) is 13.2 Å². The van der Waals surface area contributed by atoms with E-state index in [1.807, 2.05) is 6.92 Å². The van der Waals surface area contributed by atoms with Crippen molar-refractivity contribution >= 4 is 0 Å². The molecule has 0 bridgehead atoms. The average Bonchev–Trinajstić information content (AvgIpc) is 2.23. The Morgan fingerprint density at radius 2 is 1.88 bits per heavy atom. The highest BCUT2D eigenvalue weighted by molar-refractivity contribution is 5.18. The minimum absolute atomic E-state index is 0.0864. The zero-order valence-electron chi connectivity index (χ0n) is 10.1. The second-order valence-electron chi connectivity index (χ2n) is 4.08. The van der Waals surface area contributed by atoms with Gasteiger partial charge < -0.3 is 10.5 Å². The lowest BCUT2D eigenvalue weighted by molar-refractivity contribution is 0.142. The van der Waals surface area contributed by atoms with Gasteiger partial charge in [0.2, 0.25) is 0 Å². The first kappa shape index (κ1) is 14.1. The van der Waals surface area contributed by atoms with Crippen LogP contribution in [-0.2, 0) is 11.2 Å². The molecule has 0 aliphatic rings. The molecule has 0 spiro atoms. The van der Waals surface area contributed by atoms with Gasteiger partial charge in [0.05, 0.1) is 0 Å². The minimum Gasteiger partial charge on any atom is -0.382 e. The molecule has 0 saturated carbocycles. The Bertz CT molecular complexity index is 324. The number of hydrogen-bond donors (Lipinski definition) is 1. The van der Waals surface area contributed by atoms with Gasteiger partial charge in [-0.1, -0.05) is 0 Å². The Hall–Kier alpha value is -1.00. The van der Waals surface area contributed by atoms with E-state index < -0.39 is 11.6 Å². The maximum Gasteiger partial charge on any atom is 0.126 e. The normalized spacial score (nSPS) is 12.7. The van der Waals surface area contributed by atoms with Crippen LogP contribution < -0.4 is 5.73 Å². The molecular formula is C13H19F2NO. The van der Waals surface area contributed by atoms with Gasteiger partial charge in [-0.2, -0.15) is 0 Å². The van der Waals surface area contributed by atoms with E-state index in [4.69, 9.17) is 10.5 Å². The molecule has 17 heavy (non-hydrogen) atoms. The molecule has 1 unspecified atom stereocenters. The second-order valence-corrected chi connectivity index (χ2v) is 4.08. The molecule has 2 N–H and O–H groups in total. The summed E-state index contributed by atoms with van der Waals surface area (Å²) in [5.74, 6) is -1.11. The monoisotopic (exact) mass is 243 g/mol. The third kappa shape index (κ3) is 5.75. The van der Waals surface area contributed by atoms with Crippen molar-refractivity contribution in [1.82, 2.24) is 0 Å². The van der Waals surface area contributed by atoms with Crippen LogP contribution >= 0.6 is 0 Å². The van der Waals surface area contributed by atoms with Gasteiger partial charge in [0.25, 0.3) is 0 Å². The van der Waals surface area contributed by atoms with E-state index in [0.717, 1.165) is 18.9 Å². The Labute approximate surface area is 101 Å². The third-order valence-electron chi connectivity index (χ3n) is 2.49. The van der Waals surface area contributed by atoms with Crippen LogP contribution in [0.4, 0.5) is 8.78 Å². The van der Waals surface area contributed by atoms with Gasteiger partial charge in [-0.25, -0.2) is 8.78 Å². The molecule has 0 aliphatic heterocycles. The fraction of sp³-hybridized carbons (Fsp3) is 0.538. The summed E-state index contributed by atoms with van der Waals surface area (Å²) in [6.07, 6.45) is 2.14. The largest absolute Gasteiger partial charge is 0.382 e. The van der Waals surface area contributed by atoms with Gasteiger partial charge in [-0.15, -0.1) is 0 Å². The first-order valence-corrected chi connectivity index (χ1v) is 5.90. The highest BCUT2D eigenvalue weighted by Gasteiger charge is 2.06. The summed E-state index contributed by atoms with van der Waals surface area (Å²) in [5, 5.41) is 0. The number of benzene rings is 1. The van der Waals surface area contributed by atoms with Crippen molar-refractivity contribution in [2.24, 2.45) is 5.73 Å². The van der Waals surface area contributed by atoms with Crippen LogP contribution in [0.3, 0.4) is 0 Å². The standard InChI is InChI=1S/C13H19F2NO/c1-2-17-5-3-4-13(16)8-10-6-11(14)9-12(15)7-10/h6-7,9,13H,2-5,8,16H2,1H3. The molecule has 1 rings (SSSR count). The molecule has 4 heteroatoms. The third-order valence-corrected chi connectivity index (χ3v) is 2.49. The summed E-state index contributed by atoms with van der Waals surface area (Å²) >= 11 is 0. The zero-order chi connectivity index (χ0) is 12.7. The van der Waals surface area contributed by atoms with Crippen LogP contribution in [-0.4, -0.2) is 19.3 Å². The van der Waals surface area contributed by atoms with Crippen LogP contribution in [0.25, 0.3) is 0 Å². The molecule has 1 aromatic rings. The van der Waals surface area contributed by atoms with Gasteiger partial charge >= 0.3 is 0 Å². The number of ether oxygens (including phenoxy) is 1. The number of hydrogen-bond acceptors (Lipinski definition) is 2. The van der Waals surface area contributed by atoms with Crippen molar-refractivity contribution in [2.45, 2.75) is 32.2 Å². The summed E-state index contributed by atoms with van der Waals surface area (Å²) in [4.78, 5) is 0. The molecule has 96 valence electrons. The van der Waals surface area contributed by atoms with E-state index in [1.165, 1.54) is 12.1 Å². The summed E-state index contributed by atoms with van der Waals surface area (Å²) in [6.45, 7) is 3.32. The molecule has 0 aromatic heterocycles. The molecular weight excluding hydrogens is 224 g/mol. The Morgan fingerprint density at radius 1 is 1.24 bits per heavy atom. The first-order chi connectivity index (χ1) is 8.11. The van der Waals surface area contributed by atoms with Crippen molar-refractivity contribution in [1.29, 1.82) is 0 Å². The smallest absolute Gasteiger partial charge is 0.126 e. The van der Waals surface area contributed by atoms with Crippen LogP contribution in [0, 0.1) is 11.6 Å². The van der Waals surface area contributed by atoms with Gasteiger partial charge in [-0.3, -0.25) is 0 Å².